The van der Waals surface area contributed by atoms with E-state index >= 15 is 0 Å². The van der Waals surface area contributed by atoms with Crippen LogP contribution in [0.1, 0.15) is 27.7 Å². The first-order valence-corrected chi connectivity index (χ1v) is 6.24. The van der Waals surface area contributed by atoms with E-state index in [1.807, 2.05) is 0 Å². The quantitative estimate of drug-likeness (QED) is 0.714. The molecule has 0 aliphatic carbocycles. The van der Waals surface area contributed by atoms with E-state index in [0.717, 1.165) is 0 Å². The van der Waals surface area contributed by atoms with Crippen molar-refractivity contribution in [1.82, 2.24) is 0 Å². The number of rotatable bonds is 1. The maximum absolute atomic E-state index is 14.3. The van der Waals surface area contributed by atoms with Crippen LogP contribution in [-0.4, -0.2) is 49.0 Å². The van der Waals surface area contributed by atoms with Gasteiger partial charge in [-0.3, -0.25) is 0 Å². The summed E-state index contributed by atoms with van der Waals surface area (Å²) in [7, 11) is 0. The Kier molecular flexibility index (Phi) is 2.74. The summed E-state index contributed by atoms with van der Waals surface area (Å²) >= 11 is 0. The van der Waals surface area contributed by atoms with Gasteiger partial charge in [-0.1, -0.05) is 0 Å². The van der Waals surface area contributed by atoms with Crippen molar-refractivity contribution in [3.63, 3.8) is 0 Å². The van der Waals surface area contributed by atoms with Crippen LogP contribution in [0.4, 0.5) is 4.39 Å². The fourth-order valence-electron chi connectivity index (χ4n) is 2.67. The molecule has 0 aromatic rings. The van der Waals surface area contributed by atoms with Gasteiger partial charge < -0.3 is 23.7 Å². The Bertz CT molecular complexity index is 345. The van der Waals surface area contributed by atoms with Gasteiger partial charge in [-0.15, -0.1) is 0 Å². The number of fused-ring (bicyclic) bond motifs is 1. The van der Waals surface area contributed by atoms with Crippen molar-refractivity contribution >= 4 is 0 Å². The molecule has 3 heterocycles. The number of hydrogen-bond acceptors (Lipinski definition) is 5. The fraction of sp³-hybridized carbons (Fsp3) is 1.00. The summed E-state index contributed by atoms with van der Waals surface area (Å²) in [6, 6.07) is 0. The van der Waals surface area contributed by atoms with E-state index in [0.29, 0.717) is 6.61 Å². The predicted octanol–water partition coefficient (Wildman–Crippen LogP) is 1.35. The Morgan fingerprint density at radius 1 is 0.944 bits per heavy atom. The lowest BCUT2D eigenvalue weighted by atomic mass is 10.1. The molecule has 6 heteroatoms. The maximum atomic E-state index is 14.3. The third kappa shape index (κ3) is 2.06. The molecule has 3 saturated heterocycles. The van der Waals surface area contributed by atoms with Crippen LogP contribution < -0.4 is 0 Å². The average molecular weight is 262 g/mol. The molecule has 0 saturated carbocycles. The monoisotopic (exact) mass is 262 g/mol. The van der Waals surface area contributed by atoms with Crippen molar-refractivity contribution < 1.29 is 28.1 Å². The van der Waals surface area contributed by atoms with Crippen LogP contribution in [0.5, 0.6) is 0 Å². The number of hydrogen-bond donors (Lipinski definition) is 0. The van der Waals surface area contributed by atoms with Gasteiger partial charge >= 0.3 is 0 Å². The largest absolute Gasteiger partial charge is 0.348 e. The summed E-state index contributed by atoms with van der Waals surface area (Å²) in [5.74, 6) is -1.48. The minimum Gasteiger partial charge on any atom is -0.348 e. The molecule has 0 spiro atoms. The molecule has 0 N–H and O–H groups in total. The summed E-state index contributed by atoms with van der Waals surface area (Å²) in [4.78, 5) is 0. The van der Waals surface area contributed by atoms with Crippen LogP contribution in [0.2, 0.25) is 0 Å². The first-order chi connectivity index (χ1) is 8.27. The van der Waals surface area contributed by atoms with Crippen molar-refractivity contribution in [1.29, 1.82) is 0 Å². The highest BCUT2D eigenvalue weighted by Crippen LogP contribution is 2.41. The van der Waals surface area contributed by atoms with Gasteiger partial charge in [0.1, 0.15) is 18.3 Å². The van der Waals surface area contributed by atoms with Crippen molar-refractivity contribution in [2.24, 2.45) is 0 Å². The average Bonchev–Trinajstić information content (AvgIpc) is 2.81. The molecule has 104 valence electrons. The fourth-order valence-corrected chi connectivity index (χ4v) is 2.67. The number of ether oxygens (including phenoxy) is 5. The second kappa shape index (κ2) is 3.86. The Balaban J connectivity index is 1.68. The smallest absolute Gasteiger partial charge is 0.190 e. The zero-order valence-corrected chi connectivity index (χ0v) is 11.0. The summed E-state index contributed by atoms with van der Waals surface area (Å²) in [6.07, 6.45) is -3.72. The van der Waals surface area contributed by atoms with E-state index in [1.54, 1.807) is 27.7 Å². The lowest BCUT2D eigenvalue weighted by molar-refractivity contribution is -0.227. The van der Waals surface area contributed by atoms with E-state index < -0.39 is 42.3 Å². The Labute approximate surface area is 105 Å². The Morgan fingerprint density at radius 2 is 1.67 bits per heavy atom. The van der Waals surface area contributed by atoms with E-state index in [1.165, 1.54) is 0 Å². The van der Waals surface area contributed by atoms with Crippen LogP contribution in [0, 0.1) is 0 Å². The third-order valence-electron chi connectivity index (χ3n) is 3.40. The highest BCUT2D eigenvalue weighted by molar-refractivity contribution is 4.97. The van der Waals surface area contributed by atoms with Gasteiger partial charge in [-0.25, -0.2) is 4.39 Å². The van der Waals surface area contributed by atoms with Crippen LogP contribution in [0.3, 0.4) is 0 Å². The van der Waals surface area contributed by atoms with Gasteiger partial charge in [-0.2, -0.15) is 0 Å². The van der Waals surface area contributed by atoms with Gasteiger partial charge in [0.25, 0.3) is 0 Å². The van der Waals surface area contributed by atoms with Crippen molar-refractivity contribution in [3.05, 3.63) is 0 Å². The normalized spacial score (nSPS) is 49.5. The zero-order valence-electron chi connectivity index (χ0n) is 11.0. The summed E-state index contributed by atoms with van der Waals surface area (Å²) in [5.41, 5.74) is 0. The minimum atomic E-state index is -1.26. The van der Waals surface area contributed by atoms with E-state index in [-0.39, 0.29) is 0 Å². The van der Waals surface area contributed by atoms with Crippen molar-refractivity contribution in [2.45, 2.75) is 70.0 Å². The minimum absolute atomic E-state index is 0.320. The molecule has 5 nitrogen and oxygen atoms in total. The third-order valence-corrected chi connectivity index (χ3v) is 3.40. The molecule has 3 rings (SSSR count). The lowest BCUT2D eigenvalue weighted by Gasteiger charge is -2.25. The molecular formula is C12H19FO5. The molecule has 1 unspecified atom stereocenters. The molecule has 5 atom stereocenters. The Morgan fingerprint density at radius 3 is 2.22 bits per heavy atom. The highest BCUT2D eigenvalue weighted by atomic mass is 19.1. The summed E-state index contributed by atoms with van der Waals surface area (Å²) in [6.45, 7) is 7.41. The molecule has 0 amide bonds. The summed E-state index contributed by atoms with van der Waals surface area (Å²) in [5, 5.41) is 0. The number of alkyl halides is 1. The molecule has 18 heavy (non-hydrogen) atoms. The maximum Gasteiger partial charge on any atom is 0.190 e. The first kappa shape index (κ1) is 12.7. The van der Waals surface area contributed by atoms with E-state index in [2.05, 4.69) is 0 Å². The van der Waals surface area contributed by atoms with E-state index in [4.69, 9.17) is 23.7 Å². The van der Waals surface area contributed by atoms with Crippen LogP contribution in [0.15, 0.2) is 0 Å². The van der Waals surface area contributed by atoms with Gasteiger partial charge in [0.15, 0.2) is 24.0 Å². The molecule has 3 aliphatic heterocycles. The van der Waals surface area contributed by atoms with Gasteiger partial charge in [0.05, 0.1) is 6.61 Å². The van der Waals surface area contributed by atoms with Gasteiger partial charge in [0.2, 0.25) is 0 Å². The SMILES string of the molecule is CC1(C)O[C@H]2OC([C@@H]3COC(C)(C)O3)[C@H](F)[C@H]2O1. The van der Waals surface area contributed by atoms with Crippen LogP contribution >= 0.6 is 0 Å². The zero-order chi connectivity index (χ0) is 13.1. The van der Waals surface area contributed by atoms with Gasteiger partial charge in [-0.05, 0) is 27.7 Å². The highest BCUT2D eigenvalue weighted by Gasteiger charge is 2.58. The van der Waals surface area contributed by atoms with Crippen LogP contribution in [0.25, 0.3) is 0 Å². The molecule has 0 aromatic heterocycles. The second-order valence-corrected chi connectivity index (χ2v) is 5.88. The lowest BCUT2D eigenvalue weighted by Crippen LogP contribution is -2.40. The predicted molar refractivity (Wildman–Crippen MR) is 58.5 cm³/mol. The molecule has 0 bridgehead atoms. The standard InChI is InChI=1S/C12H19FO5/c1-11(2)14-5-6(16-11)8-7(13)9-10(15-8)18-12(3,4)17-9/h6-10H,5H2,1-4H3/t6-,7-,8?,9+,10+/m0/s1. The molecule has 3 fully saturated rings. The van der Waals surface area contributed by atoms with Crippen molar-refractivity contribution in [3.8, 4) is 0 Å². The van der Waals surface area contributed by atoms with Crippen molar-refractivity contribution in [2.75, 3.05) is 6.61 Å². The topological polar surface area (TPSA) is 46.2 Å². The van der Waals surface area contributed by atoms with Crippen LogP contribution in [-0.2, 0) is 23.7 Å². The summed E-state index contributed by atoms with van der Waals surface area (Å²) < 4.78 is 42.0. The first-order valence-electron chi connectivity index (χ1n) is 6.24. The molecule has 3 aliphatic rings. The molecule has 0 aromatic carbocycles. The van der Waals surface area contributed by atoms with E-state index in [9.17, 15) is 4.39 Å². The van der Waals surface area contributed by atoms with Gasteiger partial charge in [0, 0.05) is 0 Å². The number of halogens is 1. The molecular weight excluding hydrogens is 243 g/mol. The molecule has 0 radical (unpaired) electrons. The Hall–Kier alpha value is -0.270. The second-order valence-electron chi connectivity index (χ2n) is 5.88.